The van der Waals surface area contributed by atoms with Crippen LogP contribution >= 0.6 is 0 Å². The lowest BCUT2D eigenvalue weighted by Crippen LogP contribution is -2.26. The summed E-state index contributed by atoms with van der Waals surface area (Å²) in [6.07, 6.45) is 3.61. The summed E-state index contributed by atoms with van der Waals surface area (Å²) in [4.78, 5) is 21.2. The van der Waals surface area contributed by atoms with Gasteiger partial charge in [0.05, 0.1) is 5.41 Å². The molecule has 0 amide bonds. The standard InChI is InChI=1S/C11H20O4/c1-3-11(2,10(14)15)8-6-4-5-7-9(12)13/h3-8H2,1-2H3,(H,12,13)(H,14,15). The highest BCUT2D eigenvalue weighted by Crippen LogP contribution is 2.28. The Balaban J connectivity index is 3.73. The van der Waals surface area contributed by atoms with Crippen molar-refractivity contribution in [1.82, 2.24) is 0 Å². The van der Waals surface area contributed by atoms with E-state index in [-0.39, 0.29) is 6.42 Å². The maximum absolute atomic E-state index is 10.9. The van der Waals surface area contributed by atoms with Crippen LogP contribution in [0, 0.1) is 5.41 Å². The molecule has 15 heavy (non-hydrogen) atoms. The number of carbonyl (C=O) groups is 2. The van der Waals surface area contributed by atoms with Gasteiger partial charge in [0, 0.05) is 6.42 Å². The predicted octanol–water partition coefficient (Wildman–Crippen LogP) is 2.52. The normalized spacial score (nSPS) is 14.5. The molecule has 4 heteroatoms. The molecule has 4 nitrogen and oxygen atoms in total. The number of carboxylic acids is 2. The molecule has 1 atom stereocenters. The molecule has 0 aromatic rings. The van der Waals surface area contributed by atoms with Crippen LogP contribution in [0.2, 0.25) is 0 Å². The predicted molar refractivity (Wildman–Crippen MR) is 56.8 cm³/mol. The van der Waals surface area contributed by atoms with Crippen LogP contribution in [0.4, 0.5) is 0 Å². The molecule has 0 aromatic carbocycles. The average Bonchev–Trinajstić information content (AvgIpc) is 2.16. The highest BCUT2D eigenvalue weighted by Gasteiger charge is 2.29. The van der Waals surface area contributed by atoms with E-state index in [1.54, 1.807) is 6.92 Å². The lowest BCUT2D eigenvalue weighted by atomic mass is 9.82. The summed E-state index contributed by atoms with van der Waals surface area (Å²) in [5.74, 6) is -1.55. The third-order valence-corrected chi connectivity index (χ3v) is 2.92. The molecule has 1 unspecified atom stereocenters. The van der Waals surface area contributed by atoms with Gasteiger partial charge < -0.3 is 10.2 Å². The van der Waals surface area contributed by atoms with Crippen LogP contribution in [0.25, 0.3) is 0 Å². The van der Waals surface area contributed by atoms with Crippen molar-refractivity contribution in [1.29, 1.82) is 0 Å². The van der Waals surface area contributed by atoms with Gasteiger partial charge in [-0.15, -0.1) is 0 Å². The van der Waals surface area contributed by atoms with E-state index in [2.05, 4.69) is 0 Å². The summed E-state index contributed by atoms with van der Waals surface area (Å²) in [7, 11) is 0. The third kappa shape index (κ3) is 5.40. The van der Waals surface area contributed by atoms with Crippen molar-refractivity contribution in [3.05, 3.63) is 0 Å². The van der Waals surface area contributed by atoms with Gasteiger partial charge in [-0.2, -0.15) is 0 Å². The van der Waals surface area contributed by atoms with Crippen molar-refractivity contribution >= 4 is 11.9 Å². The van der Waals surface area contributed by atoms with E-state index in [9.17, 15) is 9.59 Å². The second-order valence-electron chi connectivity index (χ2n) is 4.17. The molecular weight excluding hydrogens is 196 g/mol. The Kier molecular flexibility index (Phi) is 5.97. The molecule has 0 bridgehead atoms. The van der Waals surface area contributed by atoms with Crippen molar-refractivity contribution in [2.45, 2.75) is 52.4 Å². The largest absolute Gasteiger partial charge is 0.481 e. The molecule has 0 aliphatic rings. The Morgan fingerprint density at radius 3 is 2.13 bits per heavy atom. The van der Waals surface area contributed by atoms with Gasteiger partial charge in [0.25, 0.3) is 0 Å². The number of hydrogen-bond acceptors (Lipinski definition) is 2. The quantitative estimate of drug-likeness (QED) is 0.611. The molecule has 0 radical (unpaired) electrons. The van der Waals surface area contributed by atoms with E-state index in [4.69, 9.17) is 10.2 Å². The number of rotatable bonds is 8. The molecular formula is C11H20O4. The van der Waals surface area contributed by atoms with Gasteiger partial charge >= 0.3 is 11.9 Å². The number of aliphatic carboxylic acids is 2. The molecule has 0 saturated carbocycles. The first-order valence-electron chi connectivity index (χ1n) is 5.37. The third-order valence-electron chi connectivity index (χ3n) is 2.92. The lowest BCUT2D eigenvalue weighted by molar-refractivity contribution is -0.148. The van der Waals surface area contributed by atoms with E-state index in [1.807, 2.05) is 6.92 Å². The Morgan fingerprint density at radius 2 is 1.73 bits per heavy atom. The molecule has 0 aromatic heterocycles. The minimum atomic E-state index is -0.786. The summed E-state index contributed by atoms with van der Waals surface area (Å²) in [5.41, 5.74) is -0.650. The van der Waals surface area contributed by atoms with E-state index in [0.717, 1.165) is 12.8 Å². The summed E-state index contributed by atoms with van der Waals surface area (Å²) >= 11 is 0. The van der Waals surface area contributed by atoms with E-state index in [1.165, 1.54) is 0 Å². The SMILES string of the molecule is CCC(C)(CCCCCC(=O)O)C(=O)O. The fourth-order valence-corrected chi connectivity index (χ4v) is 1.40. The Hall–Kier alpha value is -1.06. The highest BCUT2D eigenvalue weighted by molar-refractivity contribution is 5.73. The zero-order chi connectivity index (χ0) is 11.9. The number of carboxylic acid groups (broad SMARTS) is 2. The fraction of sp³-hybridized carbons (Fsp3) is 0.818. The summed E-state index contributed by atoms with van der Waals surface area (Å²) < 4.78 is 0. The van der Waals surface area contributed by atoms with Crippen LogP contribution in [-0.4, -0.2) is 22.2 Å². The van der Waals surface area contributed by atoms with Gasteiger partial charge in [-0.25, -0.2) is 0 Å². The summed E-state index contributed by atoms with van der Waals surface area (Å²) in [5, 5.41) is 17.4. The van der Waals surface area contributed by atoms with Crippen molar-refractivity contribution in [3.8, 4) is 0 Å². The van der Waals surface area contributed by atoms with Crippen LogP contribution in [-0.2, 0) is 9.59 Å². The van der Waals surface area contributed by atoms with Gasteiger partial charge in [-0.1, -0.05) is 19.8 Å². The topological polar surface area (TPSA) is 74.6 Å². The summed E-state index contributed by atoms with van der Waals surface area (Å²) in [6.45, 7) is 3.61. The van der Waals surface area contributed by atoms with Crippen molar-refractivity contribution < 1.29 is 19.8 Å². The molecule has 2 N–H and O–H groups in total. The van der Waals surface area contributed by atoms with Gasteiger partial charge in [-0.3, -0.25) is 9.59 Å². The van der Waals surface area contributed by atoms with Crippen molar-refractivity contribution in [2.24, 2.45) is 5.41 Å². The smallest absolute Gasteiger partial charge is 0.309 e. The Labute approximate surface area is 90.3 Å². The molecule has 0 aliphatic carbocycles. The first kappa shape index (κ1) is 13.9. The van der Waals surface area contributed by atoms with E-state index in [0.29, 0.717) is 19.3 Å². The molecule has 0 rings (SSSR count). The highest BCUT2D eigenvalue weighted by atomic mass is 16.4. The van der Waals surface area contributed by atoms with Gasteiger partial charge in [-0.05, 0) is 26.2 Å². The Bertz CT molecular complexity index is 225. The van der Waals surface area contributed by atoms with Gasteiger partial charge in [0.15, 0.2) is 0 Å². The van der Waals surface area contributed by atoms with Crippen molar-refractivity contribution in [2.75, 3.05) is 0 Å². The zero-order valence-corrected chi connectivity index (χ0v) is 9.45. The fourth-order valence-electron chi connectivity index (χ4n) is 1.40. The van der Waals surface area contributed by atoms with E-state index >= 15 is 0 Å². The molecule has 0 heterocycles. The zero-order valence-electron chi connectivity index (χ0n) is 9.45. The maximum atomic E-state index is 10.9. The minimum Gasteiger partial charge on any atom is -0.481 e. The molecule has 88 valence electrons. The first-order valence-corrected chi connectivity index (χ1v) is 5.37. The molecule has 0 saturated heterocycles. The van der Waals surface area contributed by atoms with Crippen LogP contribution in [0.15, 0.2) is 0 Å². The van der Waals surface area contributed by atoms with Crippen molar-refractivity contribution in [3.63, 3.8) is 0 Å². The minimum absolute atomic E-state index is 0.176. The monoisotopic (exact) mass is 216 g/mol. The van der Waals surface area contributed by atoms with Crippen LogP contribution in [0.5, 0.6) is 0 Å². The second-order valence-corrected chi connectivity index (χ2v) is 4.17. The van der Waals surface area contributed by atoms with Gasteiger partial charge in [0.2, 0.25) is 0 Å². The summed E-state index contributed by atoms with van der Waals surface area (Å²) in [6, 6.07) is 0. The molecule has 0 aliphatic heterocycles. The Morgan fingerprint density at radius 1 is 1.13 bits per heavy atom. The van der Waals surface area contributed by atoms with Crippen LogP contribution in [0.1, 0.15) is 52.4 Å². The first-order chi connectivity index (χ1) is 6.92. The van der Waals surface area contributed by atoms with Gasteiger partial charge in [0.1, 0.15) is 0 Å². The van der Waals surface area contributed by atoms with Crippen LogP contribution < -0.4 is 0 Å². The number of unbranched alkanes of at least 4 members (excludes halogenated alkanes) is 2. The maximum Gasteiger partial charge on any atom is 0.309 e. The van der Waals surface area contributed by atoms with E-state index < -0.39 is 17.4 Å². The number of hydrogen-bond donors (Lipinski definition) is 2. The average molecular weight is 216 g/mol. The van der Waals surface area contributed by atoms with Crippen LogP contribution in [0.3, 0.4) is 0 Å². The second kappa shape index (κ2) is 6.43. The molecule has 0 spiro atoms. The lowest BCUT2D eigenvalue weighted by Gasteiger charge is -2.22. The molecule has 0 fully saturated rings.